The van der Waals surface area contributed by atoms with Crippen molar-refractivity contribution in [1.29, 1.82) is 0 Å². The first kappa shape index (κ1) is 21.3. The highest BCUT2D eigenvalue weighted by Crippen LogP contribution is 2.37. The summed E-state index contributed by atoms with van der Waals surface area (Å²) in [7, 11) is 0. The van der Waals surface area contributed by atoms with Crippen molar-refractivity contribution in [3.63, 3.8) is 0 Å². The molecular formula is C24H33F3O. The van der Waals surface area contributed by atoms with Crippen molar-refractivity contribution in [2.24, 2.45) is 11.8 Å². The number of hydrogen-bond donors (Lipinski definition) is 0. The minimum absolute atomic E-state index is 0.112. The molecule has 0 heterocycles. The molecule has 1 nitrogen and oxygen atoms in total. The van der Waals surface area contributed by atoms with Gasteiger partial charge in [-0.3, -0.25) is 0 Å². The molecule has 0 amide bonds. The Bertz CT molecular complexity index is 654. The minimum Gasteiger partial charge on any atom is -0.406 e. The summed E-state index contributed by atoms with van der Waals surface area (Å²) in [4.78, 5) is 0. The van der Waals surface area contributed by atoms with E-state index in [0.717, 1.165) is 42.2 Å². The van der Waals surface area contributed by atoms with Gasteiger partial charge in [0.2, 0.25) is 0 Å². The standard InChI is InChI=1S/C24H33F3O/c1-2-3-4-5-18-6-8-19(9-7-18)10-11-20-12-13-22-17-23(28-24(25,26)27)15-14-21(22)16-20/h14-19H,2-13H2,1H3. The Morgan fingerprint density at radius 1 is 0.964 bits per heavy atom. The number of hydrogen-bond acceptors (Lipinski definition) is 1. The zero-order chi connectivity index (χ0) is 20.0. The average Bonchev–Trinajstić information content (AvgIpc) is 2.66. The van der Waals surface area contributed by atoms with E-state index in [0.29, 0.717) is 0 Å². The van der Waals surface area contributed by atoms with Gasteiger partial charge in [-0.05, 0) is 60.8 Å². The lowest BCUT2D eigenvalue weighted by molar-refractivity contribution is -0.274. The topological polar surface area (TPSA) is 9.23 Å². The number of alkyl halides is 3. The first-order valence-corrected chi connectivity index (χ1v) is 11.0. The van der Waals surface area contributed by atoms with Crippen molar-refractivity contribution in [3.8, 4) is 5.75 Å². The number of ether oxygens (including phenoxy) is 1. The van der Waals surface area contributed by atoms with Gasteiger partial charge in [-0.25, -0.2) is 0 Å². The molecule has 0 N–H and O–H groups in total. The van der Waals surface area contributed by atoms with Crippen LogP contribution in [0.2, 0.25) is 0 Å². The van der Waals surface area contributed by atoms with Crippen molar-refractivity contribution in [2.75, 3.05) is 0 Å². The van der Waals surface area contributed by atoms with Crippen molar-refractivity contribution in [1.82, 2.24) is 0 Å². The Morgan fingerprint density at radius 3 is 2.36 bits per heavy atom. The number of halogens is 3. The Balaban J connectivity index is 1.45. The fraction of sp³-hybridized carbons (Fsp3) is 0.667. The number of allylic oxidation sites excluding steroid dienone is 1. The second-order valence-electron chi connectivity index (χ2n) is 8.63. The van der Waals surface area contributed by atoms with Crippen LogP contribution in [0, 0.1) is 11.8 Å². The summed E-state index contributed by atoms with van der Waals surface area (Å²) < 4.78 is 41.2. The van der Waals surface area contributed by atoms with Gasteiger partial charge in [-0.2, -0.15) is 0 Å². The molecule has 1 aromatic carbocycles. The summed E-state index contributed by atoms with van der Waals surface area (Å²) >= 11 is 0. The molecule has 3 rings (SSSR count). The predicted molar refractivity (Wildman–Crippen MR) is 108 cm³/mol. The van der Waals surface area contributed by atoms with E-state index in [-0.39, 0.29) is 5.75 Å². The van der Waals surface area contributed by atoms with E-state index >= 15 is 0 Å². The van der Waals surface area contributed by atoms with Crippen LogP contribution in [0.15, 0.2) is 23.8 Å². The van der Waals surface area contributed by atoms with Crippen LogP contribution in [0.3, 0.4) is 0 Å². The van der Waals surface area contributed by atoms with Gasteiger partial charge < -0.3 is 4.74 Å². The molecular weight excluding hydrogens is 361 g/mol. The highest BCUT2D eigenvalue weighted by Gasteiger charge is 2.31. The van der Waals surface area contributed by atoms with E-state index in [2.05, 4.69) is 17.7 Å². The molecule has 0 aromatic heterocycles. The number of rotatable bonds is 8. The molecule has 0 aliphatic heterocycles. The number of aryl methyl sites for hydroxylation is 1. The molecule has 0 spiro atoms. The summed E-state index contributed by atoms with van der Waals surface area (Å²) in [5.41, 5.74) is 3.45. The minimum atomic E-state index is -4.63. The lowest BCUT2D eigenvalue weighted by Crippen LogP contribution is -2.17. The molecule has 4 heteroatoms. The first-order chi connectivity index (χ1) is 13.4. The Labute approximate surface area is 167 Å². The van der Waals surface area contributed by atoms with E-state index in [1.54, 1.807) is 6.07 Å². The zero-order valence-corrected chi connectivity index (χ0v) is 17.0. The summed E-state index contributed by atoms with van der Waals surface area (Å²) in [5.74, 6) is 1.70. The lowest BCUT2D eigenvalue weighted by Gasteiger charge is -2.29. The monoisotopic (exact) mass is 394 g/mol. The van der Waals surface area contributed by atoms with E-state index in [4.69, 9.17) is 0 Å². The van der Waals surface area contributed by atoms with Crippen LogP contribution in [0.25, 0.3) is 6.08 Å². The Hall–Kier alpha value is -1.45. The molecule has 156 valence electrons. The fourth-order valence-electron chi connectivity index (χ4n) is 4.80. The summed E-state index contributed by atoms with van der Waals surface area (Å²) in [6, 6.07) is 4.72. The van der Waals surface area contributed by atoms with Crippen molar-refractivity contribution in [3.05, 3.63) is 34.9 Å². The average molecular weight is 395 g/mol. The van der Waals surface area contributed by atoms with Gasteiger partial charge in [0.05, 0.1) is 0 Å². The van der Waals surface area contributed by atoms with E-state index < -0.39 is 6.36 Å². The van der Waals surface area contributed by atoms with E-state index in [1.807, 2.05) is 0 Å². The SMILES string of the molecule is CCCCCC1CCC(CCC2=Cc3ccc(OC(F)(F)F)cc3CC2)CC1. The van der Waals surface area contributed by atoms with E-state index in [9.17, 15) is 13.2 Å². The second kappa shape index (κ2) is 9.84. The normalized spacial score (nSPS) is 22.5. The first-order valence-electron chi connectivity index (χ1n) is 11.0. The van der Waals surface area contributed by atoms with Gasteiger partial charge in [0.1, 0.15) is 5.75 Å². The highest BCUT2D eigenvalue weighted by atomic mass is 19.4. The zero-order valence-electron chi connectivity index (χ0n) is 17.0. The second-order valence-corrected chi connectivity index (χ2v) is 8.63. The van der Waals surface area contributed by atoms with Crippen LogP contribution in [-0.2, 0) is 6.42 Å². The third-order valence-corrected chi connectivity index (χ3v) is 6.48. The molecule has 1 saturated carbocycles. The van der Waals surface area contributed by atoms with Crippen LogP contribution in [0.1, 0.15) is 88.7 Å². The van der Waals surface area contributed by atoms with Crippen molar-refractivity contribution in [2.45, 2.75) is 90.3 Å². The van der Waals surface area contributed by atoms with Crippen LogP contribution in [0.5, 0.6) is 5.75 Å². The van der Waals surface area contributed by atoms with Crippen LogP contribution in [-0.4, -0.2) is 6.36 Å². The van der Waals surface area contributed by atoms with Gasteiger partial charge in [0.15, 0.2) is 0 Å². The summed E-state index contributed by atoms with van der Waals surface area (Å²) in [5, 5.41) is 0. The van der Waals surface area contributed by atoms with Gasteiger partial charge in [0, 0.05) is 0 Å². The Morgan fingerprint density at radius 2 is 1.68 bits per heavy atom. The van der Waals surface area contributed by atoms with Crippen LogP contribution >= 0.6 is 0 Å². The quantitative estimate of drug-likeness (QED) is 0.405. The third-order valence-electron chi connectivity index (χ3n) is 6.48. The predicted octanol–water partition coefficient (Wildman–Crippen LogP) is 8.08. The molecule has 2 aliphatic carbocycles. The van der Waals surface area contributed by atoms with Gasteiger partial charge in [-0.1, -0.05) is 76.0 Å². The molecule has 28 heavy (non-hydrogen) atoms. The molecule has 1 aromatic rings. The van der Waals surface area contributed by atoms with Crippen molar-refractivity contribution < 1.29 is 17.9 Å². The van der Waals surface area contributed by atoms with Crippen molar-refractivity contribution >= 4 is 6.08 Å². The fourth-order valence-corrected chi connectivity index (χ4v) is 4.80. The maximum atomic E-state index is 12.4. The van der Waals surface area contributed by atoms with E-state index in [1.165, 1.54) is 75.5 Å². The third kappa shape index (κ3) is 6.56. The maximum absolute atomic E-state index is 12.4. The molecule has 0 bridgehead atoms. The van der Waals surface area contributed by atoms with Gasteiger partial charge in [0.25, 0.3) is 0 Å². The smallest absolute Gasteiger partial charge is 0.406 e. The molecule has 1 fully saturated rings. The molecule has 0 saturated heterocycles. The number of fused-ring (bicyclic) bond motifs is 1. The summed E-state index contributed by atoms with van der Waals surface area (Å²) in [6.07, 6.45) is 12.8. The van der Waals surface area contributed by atoms with Gasteiger partial charge in [-0.15, -0.1) is 13.2 Å². The van der Waals surface area contributed by atoms with Gasteiger partial charge >= 0.3 is 6.36 Å². The Kier molecular flexibility index (Phi) is 7.48. The van der Waals surface area contributed by atoms with Crippen LogP contribution in [0.4, 0.5) is 13.2 Å². The molecule has 0 atom stereocenters. The largest absolute Gasteiger partial charge is 0.573 e. The maximum Gasteiger partial charge on any atom is 0.573 e. The highest BCUT2D eigenvalue weighted by molar-refractivity contribution is 5.61. The summed E-state index contributed by atoms with van der Waals surface area (Å²) in [6.45, 7) is 2.27. The lowest BCUT2D eigenvalue weighted by atomic mass is 9.77. The van der Waals surface area contributed by atoms with Crippen LogP contribution < -0.4 is 4.74 Å². The molecule has 0 unspecified atom stereocenters. The molecule has 0 radical (unpaired) electrons. The number of benzene rings is 1. The molecule has 2 aliphatic rings. The number of unbranched alkanes of at least 4 members (excludes halogenated alkanes) is 2.